The predicted octanol–water partition coefficient (Wildman–Crippen LogP) is 2.65. The summed E-state index contributed by atoms with van der Waals surface area (Å²) in [5.74, 6) is -5.09. The second kappa shape index (κ2) is 7.31. The van der Waals surface area contributed by atoms with Gasteiger partial charge in [-0.1, -0.05) is 12.2 Å². The number of aromatic carboxylic acids is 4. The van der Waals surface area contributed by atoms with E-state index in [1.54, 1.807) is 0 Å². The van der Waals surface area contributed by atoms with Gasteiger partial charge in [0.2, 0.25) is 0 Å². The number of carboxylic acids is 4. The molecule has 0 spiro atoms. The van der Waals surface area contributed by atoms with Crippen LogP contribution in [0.25, 0.3) is 12.2 Å². The maximum Gasteiger partial charge on any atom is 0.336 e. The van der Waals surface area contributed by atoms with Crippen molar-refractivity contribution in [1.29, 1.82) is 0 Å². The Kier molecular flexibility index (Phi) is 5.17. The molecule has 26 heavy (non-hydrogen) atoms. The van der Waals surface area contributed by atoms with Crippen LogP contribution in [-0.2, 0) is 0 Å². The van der Waals surface area contributed by atoms with Gasteiger partial charge in [0.05, 0.1) is 22.3 Å². The van der Waals surface area contributed by atoms with Gasteiger partial charge in [-0.2, -0.15) is 0 Å². The van der Waals surface area contributed by atoms with Crippen molar-refractivity contribution in [2.24, 2.45) is 0 Å². The second-order valence-corrected chi connectivity index (χ2v) is 5.16. The van der Waals surface area contributed by atoms with Crippen molar-refractivity contribution >= 4 is 36.0 Å². The summed E-state index contributed by atoms with van der Waals surface area (Å²) in [6, 6.07) is 6.77. The Balaban J connectivity index is 2.58. The van der Waals surface area contributed by atoms with Gasteiger partial charge < -0.3 is 20.4 Å². The zero-order chi connectivity index (χ0) is 19.4. The molecule has 0 aliphatic rings. The maximum absolute atomic E-state index is 11.3. The van der Waals surface area contributed by atoms with Crippen molar-refractivity contribution in [3.05, 3.63) is 69.8 Å². The van der Waals surface area contributed by atoms with Crippen LogP contribution in [-0.4, -0.2) is 44.3 Å². The topological polar surface area (TPSA) is 149 Å². The summed E-state index contributed by atoms with van der Waals surface area (Å²) < 4.78 is 0. The molecule has 0 aromatic heterocycles. The van der Waals surface area contributed by atoms with E-state index in [9.17, 15) is 29.4 Å². The fourth-order valence-corrected chi connectivity index (χ4v) is 2.24. The number of benzene rings is 2. The van der Waals surface area contributed by atoms with Crippen LogP contribution in [0.5, 0.6) is 0 Å². The summed E-state index contributed by atoms with van der Waals surface area (Å²) in [6.45, 7) is 0. The Bertz CT molecular complexity index is 878. The summed E-state index contributed by atoms with van der Waals surface area (Å²) in [6.07, 6.45) is 2.45. The molecule has 0 saturated heterocycles. The molecule has 0 fully saturated rings. The van der Waals surface area contributed by atoms with Crippen LogP contribution in [0, 0.1) is 0 Å². The quantitative estimate of drug-likeness (QED) is 0.577. The molecule has 0 bridgehead atoms. The van der Waals surface area contributed by atoms with Gasteiger partial charge in [-0.25, -0.2) is 19.2 Å². The zero-order valence-corrected chi connectivity index (χ0v) is 13.0. The molecule has 0 aliphatic heterocycles. The molecule has 132 valence electrons. The smallest absolute Gasteiger partial charge is 0.336 e. The van der Waals surface area contributed by atoms with Crippen LogP contribution in [0.15, 0.2) is 36.4 Å². The summed E-state index contributed by atoms with van der Waals surface area (Å²) in [7, 11) is 0. The van der Waals surface area contributed by atoms with E-state index in [0.29, 0.717) is 0 Å². The number of carbonyl (C=O) groups is 4. The molecule has 0 aliphatic carbocycles. The lowest BCUT2D eigenvalue weighted by Crippen LogP contribution is -2.04. The van der Waals surface area contributed by atoms with Crippen LogP contribution in [0.3, 0.4) is 0 Å². The highest BCUT2D eigenvalue weighted by Gasteiger charge is 2.14. The van der Waals surface area contributed by atoms with Crippen molar-refractivity contribution in [2.75, 3.05) is 0 Å². The third-order valence-electron chi connectivity index (χ3n) is 3.50. The molecule has 0 radical (unpaired) electrons. The van der Waals surface area contributed by atoms with Crippen molar-refractivity contribution in [2.45, 2.75) is 0 Å². The summed E-state index contributed by atoms with van der Waals surface area (Å²) in [4.78, 5) is 44.7. The lowest BCUT2D eigenvalue weighted by atomic mass is 9.99. The highest BCUT2D eigenvalue weighted by Crippen LogP contribution is 2.19. The minimum Gasteiger partial charge on any atom is -0.478 e. The van der Waals surface area contributed by atoms with Gasteiger partial charge in [0.15, 0.2) is 0 Å². The van der Waals surface area contributed by atoms with E-state index in [1.807, 2.05) is 0 Å². The minimum atomic E-state index is -1.29. The summed E-state index contributed by atoms with van der Waals surface area (Å²) in [5.41, 5.74) is -0.584. The normalized spacial score (nSPS) is 10.6. The van der Waals surface area contributed by atoms with Crippen LogP contribution in [0.1, 0.15) is 52.6 Å². The van der Waals surface area contributed by atoms with E-state index >= 15 is 0 Å². The largest absolute Gasteiger partial charge is 0.478 e. The third-order valence-corrected chi connectivity index (χ3v) is 3.50. The van der Waals surface area contributed by atoms with E-state index in [2.05, 4.69) is 0 Å². The average molecular weight is 356 g/mol. The fourth-order valence-electron chi connectivity index (χ4n) is 2.24. The Morgan fingerprint density at radius 3 is 1.19 bits per heavy atom. The Morgan fingerprint density at radius 1 is 0.577 bits per heavy atom. The summed E-state index contributed by atoms with van der Waals surface area (Å²) >= 11 is 0. The number of carboxylic acid groups (broad SMARTS) is 4. The predicted molar refractivity (Wildman–Crippen MR) is 89.6 cm³/mol. The molecule has 0 atom stereocenters. The average Bonchev–Trinajstić information content (AvgIpc) is 2.58. The molecule has 8 nitrogen and oxygen atoms in total. The zero-order valence-electron chi connectivity index (χ0n) is 13.0. The van der Waals surface area contributed by atoms with Crippen molar-refractivity contribution in [3.8, 4) is 0 Å². The first-order valence-corrected chi connectivity index (χ1v) is 7.10. The molecule has 0 amide bonds. The molecular weight excluding hydrogens is 344 g/mol. The van der Waals surface area contributed by atoms with Gasteiger partial charge in [0.25, 0.3) is 0 Å². The fraction of sp³-hybridized carbons (Fsp3) is 0. The molecule has 0 heterocycles. The van der Waals surface area contributed by atoms with E-state index < -0.39 is 23.9 Å². The van der Waals surface area contributed by atoms with Crippen LogP contribution in [0.4, 0.5) is 0 Å². The maximum atomic E-state index is 11.3. The first-order valence-electron chi connectivity index (χ1n) is 7.10. The van der Waals surface area contributed by atoms with Crippen LogP contribution in [0.2, 0.25) is 0 Å². The lowest BCUT2D eigenvalue weighted by Gasteiger charge is -2.05. The van der Waals surface area contributed by atoms with Crippen molar-refractivity contribution in [3.63, 3.8) is 0 Å². The van der Waals surface area contributed by atoms with Gasteiger partial charge >= 0.3 is 23.9 Å². The standard InChI is InChI=1S/C18H12O8/c19-15(20)11-3-5-13(17(23)24)9(7-11)1-2-10-8-12(16(21)22)4-6-14(10)18(25)26/h1-8H,(H,19,20)(H,21,22)(H,23,24)(H,25,26)/b2-1+. The van der Waals surface area contributed by atoms with E-state index in [1.165, 1.54) is 12.2 Å². The Hall–Kier alpha value is -3.94. The molecule has 4 N–H and O–H groups in total. The van der Waals surface area contributed by atoms with Gasteiger partial charge in [-0.3, -0.25) is 0 Å². The Morgan fingerprint density at radius 2 is 0.923 bits per heavy atom. The first kappa shape index (κ1) is 18.4. The molecular formula is C18H12O8. The lowest BCUT2D eigenvalue weighted by molar-refractivity contribution is 0.0681. The van der Waals surface area contributed by atoms with Gasteiger partial charge in [-0.15, -0.1) is 0 Å². The van der Waals surface area contributed by atoms with Crippen molar-refractivity contribution < 1.29 is 39.6 Å². The Labute approximate surface area is 146 Å². The van der Waals surface area contributed by atoms with E-state index in [-0.39, 0.29) is 33.4 Å². The monoisotopic (exact) mass is 356 g/mol. The van der Waals surface area contributed by atoms with Crippen LogP contribution < -0.4 is 0 Å². The molecule has 0 saturated carbocycles. The van der Waals surface area contributed by atoms with Crippen LogP contribution >= 0.6 is 0 Å². The first-order chi connectivity index (χ1) is 12.2. The number of hydrogen-bond acceptors (Lipinski definition) is 4. The molecule has 2 rings (SSSR count). The second-order valence-electron chi connectivity index (χ2n) is 5.16. The molecule has 2 aromatic carbocycles. The van der Waals surface area contributed by atoms with Crippen molar-refractivity contribution in [1.82, 2.24) is 0 Å². The summed E-state index contributed by atoms with van der Waals surface area (Å²) in [5, 5.41) is 36.4. The number of hydrogen-bond donors (Lipinski definition) is 4. The molecule has 0 unspecified atom stereocenters. The SMILES string of the molecule is O=C(O)c1ccc(C(=O)O)c(/C=C/c2cc(C(=O)O)ccc2C(=O)O)c1. The van der Waals surface area contributed by atoms with Gasteiger partial charge in [0.1, 0.15) is 0 Å². The number of rotatable bonds is 6. The van der Waals surface area contributed by atoms with E-state index in [4.69, 9.17) is 10.2 Å². The third kappa shape index (κ3) is 3.93. The highest BCUT2D eigenvalue weighted by molar-refractivity contribution is 5.99. The highest BCUT2D eigenvalue weighted by atomic mass is 16.4. The van der Waals surface area contributed by atoms with E-state index in [0.717, 1.165) is 36.4 Å². The van der Waals surface area contributed by atoms with Gasteiger partial charge in [-0.05, 0) is 47.5 Å². The molecule has 8 heteroatoms. The minimum absolute atomic E-state index is 0.0365. The van der Waals surface area contributed by atoms with Gasteiger partial charge in [0, 0.05) is 0 Å². The molecule has 2 aromatic rings.